The van der Waals surface area contributed by atoms with Gasteiger partial charge in [0.2, 0.25) is 5.95 Å². The molecule has 0 fully saturated rings. The summed E-state index contributed by atoms with van der Waals surface area (Å²) in [7, 11) is 0. The highest BCUT2D eigenvalue weighted by atomic mass is 16.1. The molecular weight excluding hydrogens is 304 g/mol. The lowest BCUT2D eigenvalue weighted by atomic mass is 10.3. The number of anilines is 1. The molecule has 1 amide bonds. The summed E-state index contributed by atoms with van der Waals surface area (Å²) in [4.78, 5) is 19.5. The second-order valence-corrected chi connectivity index (χ2v) is 5.11. The summed E-state index contributed by atoms with van der Waals surface area (Å²) in [6.07, 6.45) is 8.53. The van der Waals surface area contributed by atoms with E-state index in [0.29, 0.717) is 17.3 Å². The standard InChI is InChI=1S/C17H14N6O/c24-15(21-17-18-8-9-19-17)14-12-20-23(13-6-2-1-3-7-13)16(14)22-10-4-5-11-22/h1-12H,(H2,18,19,21,24). The van der Waals surface area contributed by atoms with E-state index in [2.05, 4.69) is 20.4 Å². The van der Waals surface area contributed by atoms with E-state index in [1.807, 2.05) is 59.4 Å². The second kappa shape index (κ2) is 5.88. The molecule has 0 saturated heterocycles. The molecule has 0 spiro atoms. The van der Waals surface area contributed by atoms with Crippen molar-refractivity contribution in [2.45, 2.75) is 0 Å². The zero-order valence-electron chi connectivity index (χ0n) is 12.6. The Morgan fingerprint density at radius 1 is 1.08 bits per heavy atom. The topological polar surface area (TPSA) is 80.5 Å². The fourth-order valence-electron chi connectivity index (χ4n) is 2.49. The molecule has 4 rings (SSSR count). The molecule has 1 aromatic carbocycles. The Morgan fingerprint density at radius 2 is 1.88 bits per heavy atom. The van der Waals surface area contributed by atoms with Crippen molar-refractivity contribution in [2.24, 2.45) is 0 Å². The third-order valence-electron chi connectivity index (χ3n) is 3.57. The van der Waals surface area contributed by atoms with Crippen molar-refractivity contribution in [3.63, 3.8) is 0 Å². The fraction of sp³-hybridized carbons (Fsp3) is 0. The lowest BCUT2D eigenvalue weighted by Gasteiger charge is -2.10. The van der Waals surface area contributed by atoms with E-state index in [-0.39, 0.29) is 5.91 Å². The van der Waals surface area contributed by atoms with Crippen LogP contribution in [0.5, 0.6) is 0 Å². The third-order valence-corrected chi connectivity index (χ3v) is 3.57. The maximum absolute atomic E-state index is 12.6. The van der Waals surface area contributed by atoms with Crippen LogP contribution in [-0.2, 0) is 0 Å². The van der Waals surface area contributed by atoms with Gasteiger partial charge in [-0.3, -0.25) is 10.1 Å². The second-order valence-electron chi connectivity index (χ2n) is 5.11. The van der Waals surface area contributed by atoms with Gasteiger partial charge in [-0.25, -0.2) is 9.67 Å². The summed E-state index contributed by atoms with van der Waals surface area (Å²) in [6, 6.07) is 13.5. The molecule has 3 heterocycles. The van der Waals surface area contributed by atoms with Gasteiger partial charge >= 0.3 is 0 Å². The van der Waals surface area contributed by atoms with Crippen LogP contribution in [0.4, 0.5) is 5.95 Å². The van der Waals surface area contributed by atoms with Gasteiger partial charge < -0.3 is 9.55 Å². The van der Waals surface area contributed by atoms with Crippen LogP contribution in [0.25, 0.3) is 11.5 Å². The molecule has 0 unspecified atom stereocenters. The molecule has 3 aromatic heterocycles. The summed E-state index contributed by atoms with van der Waals surface area (Å²) in [5.74, 6) is 0.775. The minimum atomic E-state index is -0.282. The van der Waals surface area contributed by atoms with Crippen LogP contribution >= 0.6 is 0 Å². The summed E-state index contributed by atoms with van der Waals surface area (Å²) in [6.45, 7) is 0. The quantitative estimate of drug-likeness (QED) is 0.607. The molecule has 7 nitrogen and oxygen atoms in total. The van der Waals surface area contributed by atoms with Crippen molar-refractivity contribution in [3.05, 3.63) is 79.0 Å². The summed E-state index contributed by atoms with van der Waals surface area (Å²) < 4.78 is 3.59. The third kappa shape index (κ3) is 2.48. The molecule has 0 aliphatic heterocycles. The minimum Gasteiger partial charge on any atom is -0.331 e. The van der Waals surface area contributed by atoms with E-state index >= 15 is 0 Å². The molecule has 0 aliphatic rings. The molecule has 118 valence electrons. The smallest absolute Gasteiger partial charge is 0.263 e. The van der Waals surface area contributed by atoms with E-state index in [1.54, 1.807) is 23.3 Å². The van der Waals surface area contributed by atoms with Crippen LogP contribution in [0, 0.1) is 0 Å². The number of aromatic amines is 1. The van der Waals surface area contributed by atoms with Gasteiger partial charge in [-0.05, 0) is 24.3 Å². The predicted octanol–water partition coefficient (Wildman–Crippen LogP) is 2.64. The minimum absolute atomic E-state index is 0.282. The van der Waals surface area contributed by atoms with Gasteiger partial charge in [0.25, 0.3) is 5.91 Å². The number of benzene rings is 1. The average molecular weight is 318 g/mol. The van der Waals surface area contributed by atoms with Crippen LogP contribution in [0.3, 0.4) is 0 Å². The van der Waals surface area contributed by atoms with Crippen molar-refractivity contribution in [2.75, 3.05) is 5.32 Å². The number of H-pyrrole nitrogens is 1. The number of nitrogens with zero attached hydrogens (tertiary/aromatic N) is 4. The average Bonchev–Trinajstić information content (AvgIpc) is 3.36. The highest BCUT2D eigenvalue weighted by Crippen LogP contribution is 2.20. The lowest BCUT2D eigenvalue weighted by Crippen LogP contribution is -2.16. The molecule has 0 radical (unpaired) electrons. The molecule has 0 atom stereocenters. The molecule has 0 bridgehead atoms. The summed E-state index contributed by atoms with van der Waals surface area (Å²) in [5.41, 5.74) is 1.32. The van der Waals surface area contributed by atoms with E-state index in [0.717, 1.165) is 5.69 Å². The molecule has 4 aromatic rings. The fourth-order valence-corrected chi connectivity index (χ4v) is 2.49. The number of rotatable bonds is 4. The van der Waals surface area contributed by atoms with E-state index in [9.17, 15) is 4.79 Å². The van der Waals surface area contributed by atoms with Gasteiger partial charge in [0.05, 0.1) is 11.9 Å². The zero-order valence-corrected chi connectivity index (χ0v) is 12.6. The van der Waals surface area contributed by atoms with Crippen LogP contribution in [-0.4, -0.2) is 30.2 Å². The molecule has 2 N–H and O–H groups in total. The highest BCUT2D eigenvalue weighted by molar-refractivity contribution is 6.05. The number of aromatic nitrogens is 5. The number of amides is 1. The lowest BCUT2D eigenvalue weighted by molar-refractivity contribution is 0.102. The van der Waals surface area contributed by atoms with Gasteiger partial charge in [-0.15, -0.1) is 0 Å². The van der Waals surface area contributed by atoms with Gasteiger partial charge in [0, 0.05) is 24.8 Å². The van der Waals surface area contributed by atoms with Crippen LogP contribution in [0.2, 0.25) is 0 Å². The summed E-state index contributed by atoms with van der Waals surface area (Å²) >= 11 is 0. The summed E-state index contributed by atoms with van der Waals surface area (Å²) in [5, 5.41) is 7.13. The monoisotopic (exact) mass is 318 g/mol. The first-order chi connectivity index (χ1) is 11.8. The highest BCUT2D eigenvalue weighted by Gasteiger charge is 2.20. The first-order valence-electron chi connectivity index (χ1n) is 7.40. The Morgan fingerprint density at radius 3 is 2.58 bits per heavy atom. The van der Waals surface area contributed by atoms with Crippen LogP contribution in [0.15, 0.2) is 73.4 Å². The number of carbonyl (C=O) groups excluding carboxylic acids is 1. The molecule has 0 aliphatic carbocycles. The SMILES string of the molecule is O=C(Nc1ncc[nH]1)c1cnn(-c2ccccc2)c1-n1cccc1. The Kier molecular flexibility index (Phi) is 3.43. The van der Waals surface area contributed by atoms with Crippen LogP contribution in [0.1, 0.15) is 10.4 Å². The largest absolute Gasteiger partial charge is 0.331 e. The normalized spacial score (nSPS) is 10.7. The number of imidazole rings is 1. The Hall–Kier alpha value is -3.61. The predicted molar refractivity (Wildman–Crippen MR) is 89.4 cm³/mol. The molecular formula is C17H14N6O. The molecule has 0 saturated carbocycles. The van der Waals surface area contributed by atoms with Crippen molar-refractivity contribution >= 4 is 11.9 Å². The van der Waals surface area contributed by atoms with E-state index < -0.39 is 0 Å². The first kappa shape index (κ1) is 14.0. The maximum Gasteiger partial charge on any atom is 0.263 e. The maximum atomic E-state index is 12.6. The van der Waals surface area contributed by atoms with Gasteiger partial charge in [0.1, 0.15) is 5.56 Å². The van der Waals surface area contributed by atoms with Gasteiger partial charge in [0.15, 0.2) is 5.82 Å². The van der Waals surface area contributed by atoms with Gasteiger partial charge in [-0.1, -0.05) is 18.2 Å². The zero-order chi connectivity index (χ0) is 16.4. The van der Waals surface area contributed by atoms with E-state index in [1.165, 1.54) is 0 Å². The van der Waals surface area contributed by atoms with Crippen LogP contribution < -0.4 is 5.32 Å². The molecule has 7 heteroatoms. The Labute approximate surface area is 137 Å². The van der Waals surface area contributed by atoms with Crippen molar-refractivity contribution in [1.82, 2.24) is 24.3 Å². The molecule has 24 heavy (non-hydrogen) atoms. The number of hydrogen-bond acceptors (Lipinski definition) is 3. The number of hydrogen-bond donors (Lipinski definition) is 2. The Bertz CT molecular complexity index is 939. The van der Waals surface area contributed by atoms with Crippen molar-refractivity contribution in [3.8, 4) is 11.5 Å². The van der Waals surface area contributed by atoms with Crippen molar-refractivity contribution in [1.29, 1.82) is 0 Å². The van der Waals surface area contributed by atoms with Crippen molar-refractivity contribution < 1.29 is 4.79 Å². The number of para-hydroxylation sites is 1. The van der Waals surface area contributed by atoms with E-state index in [4.69, 9.17) is 0 Å². The first-order valence-corrected chi connectivity index (χ1v) is 7.40. The van der Waals surface area contributed by atoms with Gasteiger partial charge in [-0.2, -0.15) is 5.10 Å². The number of nitrogens with one attached hydrogen (secondary N) is 2. The number of carbonyl (C=O) groups is 1. The Balaban J connectivity index is 1.80.